The highest BCUT2D eigenvalue weighted by atomic mass is 16.8. The first-order valence-corrected chi connectivity index (χ1v) is 23.8. The molecule has 3 saturated heterocycles. The van der Waals surface area contributed by atoms with Crippen LogP contribution in [0.2, 0.25) is 0 Å². The van der Waals surface area contributed by atoms with E-state index in [1.54, 1.807) is 0 Å². The van der Waals surface area contributed by atoms with E-state index in [9.17, 15) is 45.3 Å². The second-order valence-electron chi connectivity index (χ2n) is 17.1. The summed E-state index contributed by atoms with van der Waals surface area (Å²) in [6, 6.07) is 0. The highest BCUT2D eigenvalue weighted by molar-refractivity contribution is 5.78. The van der Waals surface area contributed by atoms with Crippen molar-refractivity contribution in [2.75, 3.05) is 32.9 Å². The maximum Gasteiger partial charge on any atom is 0.305 e. The third-order valence-corrected chi connectivity index (χ3v) is 11.9. The Kier molecular flexibility index (Phi) is 29.8. The van der Waals surface area contributed by atoms with Gasteiger partial charge in [0.2, 0.25) is 11.7 Å². The van der Waals surface area contributed by atoms with Crippen LogP contribution in [0.25, 0.3) is 0 Å². The monoisotopic (exact) mass is 860 g/mol. The summed E-state index contributed by atoms with van der Waals surface area (Å²) in [5.74, 6) is -2.47. The molecule has 7 N–H and O–H groups in total. The summed E-state index contributed by atoms with van der Waals surface area (Å²) in [7, 11) is 0. The Labute approximate surface area is 361 Å². The minimum absolute atomic E-state index is 0.108. The molecule has 0 aliphatic carbocycles. The van der Waals surface area contributed by atoms with Gasteiger partial charge in [0, 0.05) is 25.9 Å². The van der Waals surface area contributed by atoms with Crippen molar-refractivity contribution in [3.05, 3.63) is 12.2 Å². The van der Waals surface area contributed by atoms with E-state index in [0.29, 0.717) is 12.3 Å². The molecule has 3 heterocycles. The molecule has 0 saturated carbocycles. The number of hydrogen-bond donors (Lipinski definition) is 7. The van der Waals surface area contributed by atoms with Crippen molar-refractivity contribution in [3.8, 4) is 0 Å². The van der Waals surface area contributed by atoms with Gasteiger partial charge in [-0.1, -0.05) is 135 Å². The summed E-state index contributed by atoms with van der Waals surface area (Å²) >= 11 is 0. The first kappa shape index (κ1) is 54.4. The molecule has 352 valence electrons. The molecule has 9 atom stereocenters. The van der Waals surface area contributed by atoms with Crippen LogP contribution in [-0.4, -0.2) is 140 Å². The van der Waals surface area contributed by atoms with Gasteiger partial charge in [-0.05, 0) is 44.9 Å². The maximum atomic E-state index is 12.4. The number of nitrogens with zero attached hydrogens (tertiary/aromatic N) is 1. The number of rotatable bonds is 32. The number of amides is 1. The standard InChI is InChI=1S/C30H54O12.C16H31NO/c1-2-3-4-5-6-7-8-9-10-11-12-13-14-15-16-17-23(33)39-20-30(28(38)25(35)22(19-32)41-30)42-29-27(37)26(36)24(34)21(18-31)40-29;1-2-3-4-5-6-7-8-9-10-11-14-17-15-12-13-16(17)18/h9-10,21-22,24-29,31-32,34-38H,2-8,11-20H2,1H3;2-15H2,1H3/b10-9-;/t21-,22-,24-,25-,26+,27-,28+,29-,30+;/m1./s1. The van der Waals surface area contributed by atoms with E-state index >= 15 is 0 Å². The topological polar surface area (TPSA) is 216 Å². The van der Waals surface area contributed by atoms with E-state index in [2.05, 4.69) is 26.0 Å². The van der Waals surface area contributed by atoms with Crippen molar-refractivity contribution in [2.24, 2.45) is 0 Å². The summed E-state index contributed by atoms with van der Waals surface area (Å²) in [5.41, 5.74) is 0. The minimum Gasteiger partial charge on any atom is -0.460 e. The van der Waals surface area contributed by atoms with Gasteiger partial charge in [-0.2, -0.15) is 0 Å². The van der Waals surface area contributed by atoms with Gasteiger partial charge in [0.1, 0.15) is 49.3 Å². The minimum atomic E-state index is -2.25. The lowest BCUT2D eigenvalue weighted by molar-refractivity contribution is -0.383. The first-order valence-electron chi connectivity index (χ1n) is 23.8. The third kappa shape index (κ3) is 20.6. The molecule has 0 spiro atoms. The van der Waals surface area contributed by atoms with E-state index in [0.717, 1.165) is 64.5 Å². The van der Waals surface area contributed by atoms with E-state index < -0.39 is 80.6 Å². The highest BCUT2D eigenvalue weighted by Crippen LogP contribution is 2.37. The molecular formula is C46H85NO13. The number of allylic oxidation sites excluding steroid dienone is 2. The Bertz CT molecular complexity index is 1130. The predicted octanol–water partition coefficient (Wildman–Crippen LogP) is 5.72. The number of unbranched alkanes of at least 4 members (excludes halogenated alkanes) is 20. The second kappa shape index (κ2) is 32.9. The summed E-state index contributed by atoms with van der Waals surface area (Å²) in [6.07, 6.45) is 21.8. The Morgan fingerprint density at radius 2 is 1.20 bits per heavy atom. The van der Waals surface area contributed by atoms with E-state index in [4.69, 9.17) is 18.9 Å². The van der Waals surface area contributed by atoms with Gasteiger partial charge in [0.15, 0.2) is 6.29 Å². The molecule has 0 bridgehead atoms. The molecular weight excluding hydrogens is 774 g/mol. The Morgan fingerprint density at radius 3 is 1.70 bits per heavy atom. The van der Waals surface area contributed by atoms with Gasteiger partial charge in [-0.25, -0.2) is 0 Å². The molecule has 0 aromatic heterocycles. The summed E-state index contributed by atoms with van der Waals surface area (Å²) in [4.78, 5) is 25.9. The van der Waals surface area contributed by atoms with Gasteiger partial charge in [0.25, 0.3) is 0 Å². The zero-order valence-electron chi connectivity index (χ0n) is 37.2. The highest BCUT2D eigenvalue weighted by Gasteiger charge is 2.59. The zero-order valence-corrected chi connectivity index (χ0v) is 37.2. The number of aliphatic hydroxyl groups excluding tert-OH is 7. The summed E-state index contributed by atoms with van der Waals surface area (Å²) in [6.45, 7) is 4.40. The van der Waals surface area contributed by atoms with Crippen LogP contribution in [0, 0.1) is 0 Å². The largest absolute Gasteiger partial charge is 0.460 e. The van der Waals surface area contributed by atoms with Crippen molar-refractivity contribution in [3.63, 3.8) is 0 Å². The van der Waals surface area contributed by atoms with Gasteiger partial charge in [0.05, 0.1) is 13.2 Å². The second-order valence-corrected chi connectivity index (χ2v) is 17.1. The van der Waals surface area contributed by atoms with Crippen LogP contribution in [0.4, 0.5) is 0 Å². The normalized spacial score (nSPS) is 28.1. The lowest BCUT2D eigenvalue weighted by atomic mass is 9.99. The Balaban J connectivity index is 0.000000573. The third-order valence-electron chi connectivity index (χ3n) is 11.9. The Hall–Kier alpha value is -1.72. The van der Waals surface area contributed by atoms with Crippen LogP contribution in [0.5, 0.6) is 0 Å². The van der Waals surface area contributed by atoms with Gasteiger partial charge < -0.3 is 59.6 Å². The van der Waals surface area contributed by atoms with Crippen LogP contribution >= 0.6 is 0 Å². The summed E-state index contributed by atoms with van der Waals surface area (Å²) in [5, 5.41) is 70.4. The smallest absolute Gasteiger partial charge is 0.305 e. The molecule has 14 heteroatoms. The molecule has 3 aliphatic rings. The molecule has 0 radical (unpaired) electrons. The lowest BCUT2D eigenvalue weighted by Crippen LogP contribution is -2.62. The van der Waals surface area contributed by atoms with Crippen LogP contribution in [-0.2, 0) is 28.5 Å². The van der Waals surface area contributed by atoms with E-state index in [-0.39, 0.29) is 6.42 Å². The molecule has 0 aromatic carbocycles. The Morgan fingerprint density at radius 1 is 0.683 bits per heavy atom. The quantitative estimate of drug-likeness (QED) is 0.0245. The van der Waals surface area contributed by atoms with Crippen LogP contribution in [0.15, 0.2) is 12.2 Å². The van der Waals surface area contributed by atoms with Crippen LogP contribution in [0.1, 0.15) is 181 Å². The van der Waals surface area contributed by atoms with Crippen LogP contribution < -0.4 is 0 Å². The first-order chi connectivity index (χ1) is 29.0. The van der Waals surface area contributed by atoms with Gasteiger partial charge >= 0.3 is 5.97 Å². The van der Waals surface area contributed by atoms with Crippen LogP contribution in [0.3, 0.4) is 0 Å². The molecule has 0 unspecified atom stereocenters. The molecule has 0 aromatic rings. The number of aliphatic hydroxyl groups is 7. The average molecular weight is 860 g/mol. The molecule has 60 heavy (non-hydrogen) atoms. The van der Waals surface area contributed by atoms with E-state index in [1.807, 2.05) is 4.90 Å². The predicted molar refractivity (Wildman–Crippen MR) is 230 cm³/mol. The average Bonchev–Trinajstić information content (AvgIpc) is 3.77. The van der Waals surface area contributed by atoms with Gasteiger partial charge in [-0.15, -0.1) is 0 Å². The lowest BCUT2D eigenvalue weighted by Gasteiger charge is -2.43. The van der Waals surface area contributed by atoms with E-state index in [1.165, 1.54) is 103 Å². The fourth-order valence-electron chi connectivity index (χ4n) is 7.94. The number of likely N-dealkylation sites (tertiary alicyclic amines) is 1. The van der Waals surface area contributed by atoms with Crippen molar-refractivity contribution in [2.45, 2.75) is 236 Å². The number of carbonyl (C=O) groups is 2. The molecule has 14 nitrogen and oxygen atoms in total. The van der Waals surface area contributed by atoms with Crippen molar-refractivity contribution in [1.82, 2.24) is 4.90 Å². The number of hydrogen-bond acceptors (Lipinski definition) is 13. The van der Waals surface area contributed by atoms with Crippen molar-refractivity contribution >= 4 is 11.9 Å². The fourth-order valence-corrected chi connectivity index (χ4v) is 7.94. The number of carbonyl (C=O) groups excluding carboxylic acids is 2. The molecule has 3 aliphatic heterocycles. The molecule has 3 fully saturated rings. The molecule has 3 rings (SSSR count). The van der Waals surface area contributed by atoms with Gasteiger partial charge in [-0.3, -0.25) is 9.59 Å². The molecule has 1 amide bonds. The SMILES string of the molecule is CCCCCCCC/C=C\CCCCCCCC(=O)OC[C@@]1(O[C@H]2O[C@H](CO)[C@@H](O)[C@H](O)[C@H]2O)O[C@H](CO)[C@@H](O)[C@@H]1O.CCCCCCCCCCCCN1CCCC1=O. The summed E-state index contributed by atoms with van der Waals surface area (Å²) < 4.78 is 21.8. The zero-order chi connectivity index (χ0) is 44.0. The number of esters is 1. The van der Waals surface area contributed by atoms with Crippen molar-refractivity contribution in [1.29, 1.82) is 0 Å². The number of ether oxygens (including phenoxy) is 4. The fraction of sp³-hybridized carbons (Fsp3) is 0.913. The van der Waals surface area contributed by atoms with Crippen molar-refractivity contribution < 1.29 is 64.3 Å². The maximum absolute atomic E-state index is 12.4.